The molecule has 1 aromatic carbocycles. The van der Waals surface area contributed by atoms with Crippen LogP contribution in [0.4, 0.5) is 4.79 Å². The molecule has 0 spiro atoms. The molecule has 0 atom stereocenters. The van der Waals surface area contributed by atoms with Gasteiger partial charge in [-0.1, -0.05) is 0 Å². The maximum atomic E-state index is 10.3. The van der Waals surface area contributed by atoms with Crippen LogP contribution in [0.25, 0.3) is 10.9 Å². The van der Waals surface area contributed by atoms with Gasteiger partial charge in [-0.3, -0.25) is 0 Å². The first-order valence-electron chi connectivity index (χ1n) is 4.12. The lowest BCUT2D eigenvalue weighted by molar-refractivity contribution is 0.143. The average molecular weight is 202 g/mol. The Morgan fingerprint density at radius 1 is 1.47 bits per heavy atom. The quantitative estimate of drug-likeness (QED) is 0.693. The number of aromatic nitrogens is 1. The molecule has 2 aromatic rings. The Labute approximate surface area is 84.5 Å². The summed E-state index contributed by atoms with van der Waals surface area (Å²) in [6, 6.07) is 8.52. The van der Waals surface area contributed by atoms with Crippen molar-refractivity contribution in [3.05, 3.63) is 29.8 Å². The third kappa shape index (κ3) is 1.74. The first-order chi connectivity index (χ1) is 7.19. The van der Waals surface area contributed by atoms with Crippen molar-refractivity contribution in [1.82, 2.24) is 4.98 Å². The number of benzene rings is 1. The fraction of sp³-hybridized carbons (Fsp3) is 0. The van der Waals surface area contributed by atoms with Crippen LogP contribution in [0.15, 0.2) is 24.3 Å². The molecule has 0 aliphatic carbocycles. The topological polar surface area (TPSA) is 86.1 Å². The summed E-state index contributed by atoms with van der Waals surface area (Å²) in [6.45, 7) is 0. The largest absolute Gasteiger partial charge is 0.512 e. The lowest BCUT2D eigenvalue weighted by Crippen LogP contribution is -2.02. The monoisotopic (exact) mass is 202 g/mol. The molecule has 1 heterocycles. The minimum atomic E-state index is -1.37. The highest BCUT2D eigenvalue weighted by molar-refractivity contribution is 5.83. The van der Waals surface area contributed by atoms with Crippen LogP contribution in [0.3, 0.4) is 0 Å². The summed E-state index contributed by atoms with van der Waals surface area (Å²) in [7, 11) is 0. The van der Waals surface area contributed by atoms with Crippen molar-refractivity contribution in [2.75, 3.05) is 0 Å². The molecular weight excluding hydrogens is 196 g/mol. The highest BCUT2D eigenvalue weighted by Gasteiger charge is 2.05. The lowest BCUT2D eigenvalue weighted by Gasteiger charge is -1.91. The average Bonchev–Trinajstić information content (AvgIpc) is 2.57. The standard InChI is InChI=1S/C10H6N2O3/c11-5-6-1-2-8-7(3-6)4-9(12-8)15-10(13)14/h1-4,12H,(H,13,14). The summed E-state index contributed by atoms with van der Waals surface area (Å²) in [5.74, 6) is 0.146. The first kappa shape index (κ1) is 9.09. The number of hydrogen-bond acceptors (Lipinski definition) is 3. The van der Waals surface area contributed by atoms with E-state index in [2.05, 4.69) is 9.72 Å². The van der Waals surface area contributed by atoms with E-state index in [1.54, 1.807) is 18.2 Å². The number of nitrogens with one attached hydrogen (secondary N) is 1. The van der Waals surface area contributed by atoms with E-state index < -0.39 is 6.16 Å². The van der Waals surface area contributed by atoms with E-state index >= 15 is 0 Å². The first-order valence-corrected chi connectivity index (χ1v) is 4.12. The smallest absolute Gasteiger partial charge is 0.449 e. The maximum absolute atomic E-state index is 10.3. The Bertz CT molecular complexity index is 566. The van der Waals surface area contributed by atoms with Crippen molar-refractivity contribution in [2.45, 2.75) is 0 Å². The van der Waals surface area contributed by atoms with Crippen LogP contribution in [0, 0.1) is 11.3 Å². The maximum Gasteiger partial charge on any atom is 0.512 e. The van der Waals surface area contributed by atoms with Crippen LogP contribution in [0.5, 0.6) is 5.88 Å². The molecule has 0 aliphatic heterocycles. The van der Waals surface area contributed by atoms with E-state index in [-0.39, 0.29) is 5.88 Å². The summed E-state index contributed by atoms with van der Waals surface area (Å²) in [6.07, 6.45) is -1.37. The number of fused-ring (bicyclic) bond motifs is 1. The van der Waals surface area contributed by atoms with Crippen LogP contribution >= 0.6 is 0 Å². The number of aromatic amines is 1. The highest BCUT2D eigenvalue weighted by atomic mass is 16.7. The molecule has 0 unspecified atom stereocenters. The second-order valence-corrected chi connectivity index (χ2v) is 2.92. The number of rotatable bonds is 1. The minimum absolute atomic E-state index is 0.146. The van der Waals surface area contributed by atoms with Crippen molar-refractivity contribution in [3.8, 4) is 11.9 Å². The third-order valence-electron chi connectivity index (χ3n) is 1.92. The molecule has 0 radical (unpaired) electrons. The van der Waals surface area contributed by atoms with Crippen molar-refractivity contribution in [2.24, 2.45) is 0 Å². The van der Waals surface area contributed by atoms with E-state index in [1.165, 1.54) is 6.07 Å². The molecule has 2 rings (SSSR count). The van der Waals surface area contributed by atoms with Gasteiger partial charge in [0.25, 0.3) is 0 Å². The molecule has 0 amide bonds. The molecule has 0 aliphatic rings. The molecule has 15 heavy (non-hydrogen) atoms. The predicted molar refractivity (Wildman–Crippen MR) is 51.7 cm³/mol. The Hall–Kier alpha value is -2.48. The van der Waals surface area contributed by atoms with Gasteiger partial charge in [-0.25, -0.2) is 4.79 Å². The molecule has 0 saturated heterocycles. The van der Waals surface area contributed by atoms with Crippen molar-refractivity contribution in [3.63, 3.8) is 0 Å². The van der Waals surface area contributed by atoms with Gasteiger partial charge in [-0.2, -0.15) is 5.26 Å². The van der Waals surface area contributed by atoms with E-state index in [0.29, 0.717) is 5.56 Å². The zero-order valence-corrected chi connectivity index (χ0v) is 7.52. The Balaban J connectivity index is 2.47. The van der Waals surface area contributed by atoms with Crippen LogP contribution in [0.1, 0.15) is 5.56 Å². The molecule has 0 fully saturated rings. The third-order valence-corrected chi connectivity index (χ3v) is 1.92. The number of ether oxygens (including phenoxy) is 1. The zero-order valence-electron chi connectivity index (χ0n) is 7.52. The number of H-pyrrole nitrogens is 1. The Morgan fingerprint density at radius 2 is 2.27 bits per heavy atom. The molecule has 0 bridgehead atoms. The normalized spacial score (nSPS) is 9.80. The fourth-order valence-electron chi connectivity index (χ4n) is 1.32. The van der Waals surface area contributed by atoms with Crippen LogP contribution in [-0.4, -0.2) is 16.2 Å². The van der Waals surface area contributed by atoms with Gasteiger partial charge in [-0.15, -0.1) is 0 Å². The van der Waals surface area contributed by atoms with Gasteiger partial charge in [0.1, 0.15) is 0 Å². The number of nitrogens with zero attached hydrogens (tertiary/aromatic N) is 1. The van der Waals surface area contributed by atoms with E-state index in [9.17, 15) is 4.79 Å². The molecule has 5 nitrogen and oxygen atoms in total. The molecule has 2 N–H and O–H groups in total. The summed E-state index contributed by atoms with van der Waals surface area (Å²) in [5.41, 5.74) is 1.24. The van der Waals surface area contributed by atoms with Gasteiger partial charge >= 0.3 is 6.16 Å². The summed E-state index contributed by atoms with van der Waals surface area (Å²) >= 11 is 0. The molecule has 0 saturated carbocycles. The number of nitriles is 1. The van der Waals surface area contributed by atoms with Crippen LogP contribution in [-0.2, 0) is 0 Å². The lowest BCUT2D eigenvalue weighted by atomic mass is 10.2. The Morgan fingerprint density at radius 3 is 2.93 bits per heavy atom. The number of carbonyl (C=O) groups is 1. The minimum Gasteiger partial charge on any atom is -0.449 e. The summed E-state index contributed by atoms with van der Waals surface area (Å²) in [4.78, 5) is 13.0. The SMILES string of the molecule is N#Cc1ccc2[nH]c(OC(=O)O)cc2c1. The van der Waals surface area contributed by atoms with Crippen LogP contribution < -0.4 is 4.74 Å². The zero-order chi connectivity index (χ0) is 10.8. The van der Waals surface area contributed by atoms with Gasteiger partial charge in [-0.05, 0) is 18.2 Å². The van der Waals surface area contributed by atoms with E-state index in [0.717, 1.165) is 10.9 Å². The molecule has 74 valence electrons. The molecular formula is C10H6N2O3. The molecule has 1 aromatic heterocycles. The highest BCUT2D eigenvalue weighted by Crippen LogP contribution is 2.21. The second kappa shape index (κ2) is 3.35. The number of carboxylic acid groups (broad SMARTS) is 1. The second-order valence-electron chi connectivity index (χ2n) is 2.92. The summed E-state index contributed by atoms with van der Waals surface area (Å²) in [5, 5.41) is 17.8. The molecule has 5 heteroatoms. The Kier molecular flexibility index (Phi) is 2.03. The van der Waals surface area contributed by atoms with Crippen LogP contribution in [0.2, 0.25) is 0 Å². The fourth-order valence-corrected chi connectivity index (χ4v) is 1.32. The van der Waals surface area contributed by atoms with Gasteiger partial charge < -0.3 is 14.8 Å². The van der Waals surface area contributed by atoms with Gasteiger partial charge in [0.2, 0.25) is 5.88 Å². The van der Waals surface area contributed by atoms with E-state index in [4.69, 9.17) is 10.4 Å². The van der Waals surface area contributed by atoms with Gasteiger partial charge in [0, 0.05) is 17.0 Å². The van der Waals surface area contributed by atoms with Gasteiger partial charge in [0.05, 0.1) is 11.6 Å². The number of hydrogen-bond donors (Lipinski definition) is 2. The van der Waals surface area contributed by atoms with E-state index in [1.807, 2.05) is 6.07 Å². The van der Waals surface area contributed by atoms with Crippen molar-refractivity contribution < 1.29 is 14.6 Å². The predicted octanol–water partition coefficient (Wildman–Crippen LogP) is 2.10. The van der Waals surface area contributed by atoms with Crippen molar-refractivity contribution in [1.29, 1.82) is 5.26 Å². The van der Waals surface area contributed by atoms with Gasteiger partial charge in [0.15, 0.2) is 0 Å². The summed E-state index contributed by atoms with van der Waals surface area (Å²) < 4.78 is 4.45. The van der Waals surface area contributed by atoms with Crippen molar-refractivity contribution >= 4 is 17.1 Å².